The van der Waals surface area contributed by atoms with Crippen molar-refractivity contribution in [3.05, 3.63) is 11.9 Å². The van der Waals surface area contributed by atoms with Crippen molar-refractivity contribution < 1.29 is 4.79 Å². The van der Waals surface area contributed by atoms with Crippen LogP contribution in [0.25, 0.3) is 0 Å². The average molecular weight is 217 g/mol. The van der Waals surface area contributed by atoms with Gasteiger partial charge < -0.3 is 5.32 Å². The molecule has 0 atom stereocenters. The summed E-state index contributed by atoms with van der Waals surface area (Å²) < 4.78 is 1.59. The molecule has 0 unspecified atom stereocenters. The molecule has 1 rings (SSSR count). The fourth-order valence-corrected chi connectivity index (χ4v) is 1.15. The van der Waals surface area contributed by atoms with E-state index in [1.807, 2.05) is 13.8 Å². The number of nitrogens with one attached hydrogen (secondary N) is 1. The van der Waals surface area contributed by atoms with Gasteiger partial charge in [0.1, 0.15) is 11.6 Å². The van der Waals surface area contributed by atoms with Crippen LogP contribution in [0.1, 0.15) is 19.5 Å². The molecule has 0 aliphatic rings. The molecule has 0 aliphatic heterocycles. The van der Waals surface area contributed by atoms with Gasteiger partial charge in [-0.2, -0.15) is 0 Å². The third-order valence-corrected chi connectivity index (χ3v) is 2.06. The quantitative estimate of drug-likeness (QED) is 0.745. The molecule has 0 saturated heterocycles. The number of nitrogens with zero attached hydrogens (tertiary/aromatic N) is 3. The van der Waals surface area contributed by atoms with Crippen molar-refractivity contribution in [2.24, 2.45) is 7.05 Å². The van der Waals surface area contributed by atoms with Gasteiger partial charge in [0, 0.05) is 7.05 Å². The molecule has 0 saturated carbocycles. The molecule has 0 bridgehead atoms. The maximum Gasteiger partial charge on any atom is 0.235 e. The Hall–Kier alpha value is -1.10. The number of rotatable bonds is 3. The number of carbonyl (C=O) groups excluding carboxylic acids is 1. The van der Waals surface area contributed by atoms with Crippen LogP contribution in [0.15, 0.2) is 6.20 Å². The summed E-state index contributed by atoms with van der Waals surface area (Å²) in [5, 5.41) is 10.5. The first-order chi connectivity index (χ1) is 6.45. The lowest BCUT2D eigenvalue weighted by molar-refractivity contribution is -0.120. The lowest BCUT2D eigenvalue weighted by Crippen LogP contribution is -2.42. The lowest BCUT2D eigenvalue weighted by atomic mass is 10.0. The molecular weight excluding hydrogens is 204 g/mol. The van der Waals surface area contributed by atoms with Gasteiger partial charge in [0.25, 0.3) is 0 Å². The molecule has 0 spiro atoms. The molecular formula is C8H13ClN4O. The number of aryl methyl sites for hydroxylation is 1. The Morgan fingerprint density at radius 2 is 2.36 bits per heavy atom. The first-order valence-electron chi connectivity index (χ1n) is 4.19. The second-order valence-corrected chi connectivity index (χ2v) is 3.85. The summed E-state index contributed by atoms with van der Waals surface area (Å²) in [6.45, 7) is 3.70. The van der Waals surface area contributed by atoms with E-state index in [2.05, 4.69) is 15.6 Å². The van der Waals surface area contributed by atoms with Gasteiger partial charge in [0.15, 0.2) is 0 Å². The maximum absolute atomic E-state index is 11.1. The standard InChI is InChI=1S/C8H13ClN4O/c1-8(2,10-7(14)4-9)6-5-13(3)12-11-6/h5H,4H2,1-3H3,(H,10,14). The summed E-state index contributed by atoms with van der Waals surface area (Å²) in [6.07, 6.45) is 1.76. The van der Waals surface area contributed by atoms with Gasteiger partial charge in [0.2, 0.25) is 5.91 Å². The van der Waals surface area contributed by atoms with Gasteiger partial charge in [-0.05, 0) is 13.8 Å². The summed E-state index contributed by atoms with van der Waals surface area (Å²) in [7, 11) is 1.77. The minimum atomic E-state index is -0.541. The molecule has 78 valence electrons. The zero-order chi connectivity index (χ0) is 10.8. The highest BCUT2D eigenvalue weighted by Gasteiger charge is 2.25. The van der Waals surface area contributed by atoms with Crippen LogP contribution >= 0.6 is 11.6 Å². The van der Waals surface area contributed by atoms with E-state index in [1.54, 1.807) is 17.9 Å². The number of halogens is 1. The molecule has 14 heavy (non-hydrogen) atoms. The lowest BCUT2D eigenvalue weighted by Gasteiger charge is -2.22. The average Bonchev–Trinajstić information content (AvgIpc) is 2.51. The van der Waals surface area contributed by atoms with Crippen LogP contribution in [-0.2, 0) is 17.4 Å². The third kappa shape index (κ3) is 2.45. The molecule has 1 aromatic heterocycles. The van der Waals surface area contributed by atoms with E-state index in [0.717, 1.165) is 0 Å². The van der Waals surface area contributed by atoms with E-state index in [0.29, 0.717) is 5.69 Å². The monoisotopic (exact) mass is 216 g/mol. The van der Waals surface area contributed by atoms with Crippen LogP contribution in [-0.4, -0.2) is 26.8 Å². The van der Waals surface area contributed by atoms with E-state index in [-0.39, 0.29) is 11.8 Å². The third-order valence-electron chi connectivity index (χ3n) is 1.82. The van der Waals surface area contributed by atoms with E-state index in [4.69, 9.17) is 11.6 Å². The molecule has 1 amide bonds. The molecule has 1 N–H and O–H groups in total. The fourth-order valence-electron chi connectivity index (χ4n) is 1.08. The first kappa shape index (κ1) is 11.0. The summed E-state index contributed by atoms with van der Waals surface area (Å²) in [6, 6.07) is 0. The Kier molecular flexibility index (Phi) is 3.10. The van der Waals surface area contributed by atoms with E-state index < -0.39 is 5.54 Å². The largest absolute Gasteiger partial charge is 0.344 e. The van der Waals surface area contributed by atoms with Gasteiger partial charge in [-0.3, -0.25) is 9.48 Å². The fraction of sp³-hybridized carbons (Fsp3) is 0.625. The van der Waals surface area contributed by atoms with Crippen LogP contribution < -0.4 is 5.32 Å². The predicted octanol–water partition coefficient (Wildman–Crippen LogP) is 0.405. The topological polar surface area (TPSA) is 59.8 Å². The number of aromatic nitrogens is 3. The molecule has 0 fully saturated rings. The first-order valence-corrected chi connectivity index (χ1v) is 4.73. The van der Waals surface area contributed by atoms with Gasteiger partial charge in [0.05, 0.1) is 11.7 Å². The second-order valence-electron chi connectivity index (χ2n) is 3.58. The molecule has 6 heteroatoms. The van der Waals surface area contributed by atoms with Crippen molar-refractivity contribution in [3.8, 4) is 0 Å². The predicted molar refractivity (Wildman–Crippen MR) is 52.9 cm³/mol. The van der Waals surface area contributed by atoms with Gasteiger partial charge in [-0.15, -0.1) is 16.7 Å². The smallest absolute Gasteiger partial charge is 0.235 e. The maximum atomic E-state index is 11.1. The highest BCUT2D eigenvalue weighted by atomic mass is 35.5. The zero-order valence-electron chi connectivity index (χ0n) is 8.41. The highest BCUT2D eigenvalue weighted by molar-refractivity contribution is 6.27. The van der Waals surface area contributed by atoms with Gasteiger partial charge >= 0.3 is 0 Å². The van der Waals surface area contributed by atoms with Crippen molar-refractivity contribution >= 4 is 17.5 Å². The number of hydrogen-bond donors (Lipinski definition) is 1. The van der Waals surface area contributed by atoms with Crippen LogP contribution in [0.2, 0.25) is 0 Å². The van der Waals surface area contributed by atoms with Crippen LogP contribution in [0.5, 0.6) is 0 Å². The van der Waals surface area contributed by atoms with Crippen molar-refractivity contribution in [1.29, 1.82) is 0 Å². The normalized spacial score (nSPS) is 11.4. The number of hydrogen-bond acceptors (Lipinski definition) is 3. The molecule has 0 radical (unpaired) electrons. The van der Waals surface area contributed by atoms with E-state index in [9.17, 15) is 4.79 Å². The van der Waals surface area contributed by atoms with Crippen LogP contribution in [0.3, 0.4) is 0 Å². The van der Waals surface area contributed by atoms with Crippen molar-refractivity contribution in [3.63, 3.8) is 0 Å². The Bertz CT molecular complexity index is 334. The molecule has 0 aromatic carbocycles. The summed E-state index contributed by atoms with van der Waals surface area (Å²) in [5.41, 5.74) is 0.165. The van der Waals surface area contributed by atoms with Crippen LogP contribution in [0.4, 0.5) is 0 Å². The zero-order valence-corrected chi connectivity index (χ0v) is 9.17. The molecule has 0 aliphatic carbocycles. The Morgan fingerprint density at radius 1 is 1.71 bits per heavy atom. The van der Waals surface area contributed by atoms with Gasteiger partial charge in [-0.1, -0.05) is 5.21 Å². The van der Waals surface area contributed by atoms with Crippen molar-refractivity contribution in [2.75, 3.05) is 5.88 Å². The summed E-state index contributed by atoms with van der Waals surface area (Å²) in [4.78, 5) is 11.1. The number of amides is 1. The summed E-state index contributed by atoms with van der Waals surface area (Å²) >= 11 is 5.40. The molecule has 1 heterocycles. The highest BCUT2D eigenvalue weighted by Crippen LogP contribution is 2.16. The number of carbonyl (C=O) groups is 1. The second kappa shape index (κ2) is 3.96. The summed E-state index contributed by atoms with van der Waals surface area (Å²) in [5.74, 6) is -0.272. The van der Waals surface area contributed by atoms with E-state index in [1.165, 1.54) is 0 Å². The minimum Gasteiger partial charge on any atom is -0.344 e. The Balaban J connectivity index is 2.79. The van der Waals surface area contributed by atoms with E-state index >= 15 is 0 Å². The molecule has 5 nitrogen and oxygen atoms in total. The van der Waals surface area contributed by atoms with Crippen molar-refractivity contribution in [1.82, 2.24) is 20.3 Å². The molecule has 1 aromatic rings. The Morgan fingerprint density at radius 3 is 2.79 bits per heavy atom. The van der Waals surface area contributed by atoms with Crippen LogP contribution in [0, 0.1) is 0 Å². The van der Waals surface area contributed by atoms with Crippen molar-refractivity contribution in [2.45, 2.75) is 19.4 Å². The SMILES string of the molecule is Cn1cc(C(C)(C)NC(=O)CCl)nn1. The minimum absolute atomic E-state index is 0.0519. The Labute approximate surface area is 87.4 Å². The van der Waals surface area contributed by atoms with Gasteiger partial charge in [-0.25, -0.2) is 0 Å². The number of alkyl halides is 1.